The van der Waals surface area contributed by atoms with E-state index in [9.17, 15) is 188 Å². The fourth-order valence-corrected chi connectivity index (χ4v) is 8.60. The Morgan fingerprint density at radius 2 is 0.797 bits per heavy atom. The molecule has 0 radical (unpaired) electrons. The first-order valence-corrected chi connectivity index (χ1v) is 40.0. The number of alkyl halides is 19. The van der Waals surface area contributed by atoms with Gasteiger partial charge in [-0.3, -0.25) is 38.2 Å². The topological polar surface area (TPSA) is 533 Å². The van der Waals surface area contributed by atoms with Crippen LogP contribution in [0.2, 0.25) is 0 Å². The van der Waals surface area contributed by atoms with Gasteiger partial charge in [-0.1, -0.05) is 76.2 Å². The van der Waals surface area contributed by atoms with Crippen LogP contribution in [0, 0.1) is 38.4 Å². The van der Waals surface area contributed by atoms with Crippen molar-refractivity contribution in [3.05, 3.63) is 0 Å². The molecule has 0 aliphatic carbocycles. The maximum absolute atomic E-state index is 14.3. The Morgan fingerprint density at radius 1 is 0.429 bits per heavy atom. The van der Waals surface area contributed by atoms with Crippen molar-refractivity contribution in [1.82, 2.24) is 5.32 Å². The van der Waals surface area contributed by atoms with Crippen molar-refractivity contribution < 1.29 is 367 Å². The van der Waals surface area contributed by atoms with Crippen LogP contribution in [0.4, 0.5) is 88.2 Å². The van der Waals surface area contributed by atoms with Crippen LogP contribution in [0.15, 0.2) is 0 Å². The van der Waals surface area contributed by atoms with Gasteiger partial charge in [0.1, 0.15) is 32.4 Å². The summed E-state index contributed by atoms with van der Waals surface area (Å²) >= 11 is 0. The number of halogens is 19. The Kier molecular flexibility index (Phi) is 79.0. The van der Waals surface area contributed by atoms with Crippen molar-refractivity contribution in [1.29, 1.82) is 0 Å². The number of ether oxygens (including phenoxy) is 9. The number of carbonyl (C=O) groups is 11. The molecule has 0 aromatic heterocycles. The van der Waals surface area contributed by atoms with Gasteiger partial charge in [0.25, 0.3) is 6.16 Å². The zero-order valence-corrected chi connectivity index (χ0v) is 81.8. The zero-order chi connectivity index (χ0) is 103. The van der Waals surface area contributed by atoms with E-state index < -0.39 is 203 Å². The number of aliphatic hydroxyl groups excluding tert-OH is 1. The van der Waals surface area contributed by atoms with Gasteiger partial charge in [0.15, 0.2) is 15.8 Å². The fraction of sp³-hybridized carbons (Fsp3) is 0.847. The normalized spacial score (nSPS) is 14.3. The largest absolute Gasteiger partial charge is 1.00 e. The van der Waals surface area contributed by atoms with Crippen LogP contribution >= 0.6 is 0 Å². The van der Waals surface area contributed by atoms with Gasteiger partial charge >= 0.3 is 221 Å². The van der Waals surface area contributed by atoms with E-state index in [-0.39, 0.29) is 223 Å². The van der Waals surface area contributed by atoms with Gasteiger partial charge in [-0.2, -0.15) is 65.9 Å². The van der Waals surface area contributed by atoms with Gasteiger partial charge in [-0.15, -0.1) is 0 Å². The predicted octanol–water partition coefficient (Wildman–Crippen LogP) is -13.5. The summed E-state index contributed by atoms with van der Waals surface area (Å²) in [5.74, 6) is -49.2. The van der Waals surface area contributed by atoms with Crippen molar-refractivity contribution >= 4 is 86.0 Å². The number of hydrogen-bond acceptors (Lipinski definition) is 32. The van der Waals surface area contributed by atoms with Gasteiger partial charge in [-0.05, 0) is 132 Å². The first-order valence-electron chi connectivity index (χ1n) is 37.1. The number of esters is 5. The van der Waals surface area contributed by atoms with E-state index >= 15 is 0 Å². The molecule has 6 atom stereocenters. The summed E-state index contributed by atoms with van der Waals surface area (Å²) in [4.78, 5) is 121. The Balaban J connectivity index is -0.000000107. The van der Waals surface area contributed by atoms with Crippen LogP contribution in [-0.2, 0) is 111 Å². The molecule has 0 saturated carbocycles. The monoisotopic (exact) mass is 1980 g/mol. The molecule has 6 unspecified atom stereocenters. The number of aliphatic carboxylic acids is 4. The fourth-order valence-electron chi connectivity index (χ4n) is 7.85. The van der Waals surface area contributed by atoms with Crippen LogP contribution < -0.4 is 163 Å². The predicted molar refractivity (Wildman–Crippen MR) is 383 cm³/mol. The summed E-state index contributed by atoms with van der Waals surface area (Å²) in [5.41, 5.74) is -9.49. The molecule has 133 heavy (non-hydrogen) atoms. The SMILES string of the molecule is CC(C)(F)C(F)(F)C(F)(OC(F)(F)C(C)(F)OC(F)(F)C(F)(F)S(=O)(=O)[O-])C(C)(F)F.CCC(C)(C)C(=O)OCCC(=O)OC(F)(F)C(F)(F)C(F)(F)C(=O)[O-].CCC(C)(C)C(=O)OCCOC(=O)[O-].CCC(C)(CC(C)(C)C(=O)NCCCC(=O)[O-])C(=O)OCCO.CCC(C)(CC(C)(C)C(=O)[O-])C(=O)OCCOC.CCC(C)C(=O)[O-].CCC(C)S(=O)(=O)[O-].[Li+].[Li+].[Li+].[Li+].[Li+].[Li+].[Li+]. The van der Waals surface area contributed by atoms with E-state index in [2.05, 4.69) is 29.0 Å². The molecule has 1 amide bonds. The molecule has 0 aromatic carbocycles. The smallest absolute Gasteiger partial charge is 0.748 e. The van der Waals surface area contributed by atoms with Gasteiger partial charge in [-0.25, -0.2) is 34.4 Å². The van der Waals surface area contributed by atoms with Gasteiger partial charge in [0, 0.05) is 61.5 Å². The van der Waals surface area contributed by atoms with E-state index in [1.807, 2.05) is 27.7 Å². The molecule has 0 rings (SSSR count). The van der Waals surface area contributed by atoms with Gasteiger partial charge < -0.3 is 102 Å². The van der Waals surface area contributed by atoms with E-state index in [1.165, 1.54) is 27.9 Å². The minimum atomic E-state index is -7.45. The Bertz CT molecular complexity index is 3730. The summed E-state index contributed by atoms with van der Waals surface area (Å²) in [6.07, 6.45) is -19.0. The molecule has 0 aliphatic heterocycles. The maximum Gasteiger partial charge on any atom is 1.00 e. The first kappa shape index (κ1) is 160. The number of methoxy groups -OCH3 is 1. The number of rotatable bonds is 47. The van der Waals surface area contributed by atoms with Gasteiger partial charge in [0.05, 0.1) is 58.0 Å². The summed E-state index contributed by atoms with van der Waals surface area (Å²) in [7, 11) is -9.94. The zero-order valence-electron chi connectivity index (χ0n) is 80.2. The van der Waals surface area contributed by atoms with Crippen LogP contribution in [0.25, 0.3) is 0 Å². The summed E-state index contributed by atoms with van der Waals surface area (Å²) < 4.78 is 349. The molecule has 0 spiro atoms. The minimum Gasteiger partial charge on any atom is -0.748 e. The molecular formula is C72H111F19Li7NO32S2. The molecule has 0 heterocycles. The molecule has 61 heteroatoms. The molecule has 2 N–H and O–H groups in total. The van der Waals surface area contributed by atoms with E-state index in [0.29, 0.717) is 51.6 Å². The second kappa shape index (κ2) is 65.5. The van der Waals surface area contributed by atoms with E-state index in [4.69, 9.17) is 24.1 Å². The third kappa shape index (κ3) is 54.3. The average molecular weight is 1980 g/mol. The third-order valence-corrected chi connectivity index (χ3v) is 20.0. The van der Waals surface area contributed by atoms with E-state index in [0.717, 1.165) is 0 Å². The molecule has 0 fully saturated rings. The molecular weight excluding hydrogens is 1860 g/mol. The summed E-state index contributed by atoms with van der Waals surface area (Å²) in [6, 6.07) is 0. The minimum absolute atomic E-state index is 0. The molecule has 0 aliphatic rings. The second-order valence-electron chi connectivity index (χ2n) is 31.0. The Labute approximate surface area is 843 Å². The maximum atomic E-state index is 14.3. The van der Waals surface area contributed by atoms with Crippen molar-refractivity contribution in [2.24, 2.45) is 38.4 Å². The van der Waals surface area contributed by atoms with Gasteiger partial charge in [0.2, 0.25) is 5.91 Å². The number of hydrogen-bond donors (Lipinski definition) is 2. The molecule has 0 saturated heterocycles. The van der Waals surface area contributed by atoms with Crippen molar-refractivity contribution in [2.45, 2.75) is 293 Å². The molecule has 33 nitrogen and oxygen atoms in total. The van der Waals surface area contributed by atoms with Crippen LogP contribution in [0.3, 0.4) is 0 Å². The number of carbonyl (C=O) groups excluding carboxylic acids is 11. The molecule has 748 valence electrons. The standard InChI is InChI=1S/C16H29NO6.C13H16F6O6.C13H24O5.C12H13F13O5S.C9H16O5.C5H10O2.C4H10O3S.7Li/c1-5-16(4,14(22)23-10-9-18)11-15(2,3)13(21)17-8-6-7-12(19)20;1-4-10(2,3)9(23)24-6-5-7(20)25-13(18,19)12(16,17)11(14,15)8(21)22;1-6-13(4,9-12(2,3)10(14)15)11(16)18-8-7-17-5;1-5(2,13)8(17,18)9(19,6(3,14)15)30-10(20,21)7(4,16)29-11(22,23)12(24,25)31(26,27)28;1-4-9(2,3)7(10)13-5-6-14-8(11)12;1-3-4(2)5(6)7;1-3-4(2)8(5,6)7;;;;;;;/h18H,5-11H2,1-4H3,(H,17,21)(H,19,20);4-6H2,1-3H3,(H,21,22);6-9H2,1-5H3,(H,14,15);1-4H3,(H,26,27,28);4-6H2,1-3H3,(H,11,12);4H,3H2,1-2H3,(H,6,7);4H,3H2,1-2H3,(H,5,6,7);;;;;;;/q;;;;;;;7*+1/p-7. The summed E-state index contributed by atoms with van der Waals surface area (Å²) in [5, 5.41) is 54.6. The van der Waals surface area contributed by atoms with Crippen LogP contribution in [0.1, 0.15) is 223 Å². The number of nitrogens with one attached hydrogen (secondary N) is 1. The third-order valence-electron chi connectivity index (χ3n) is 17.8. The molecule has 0 bridgehead atoms. The van der Waals surface area contributed by atoms with Crippen molar-refractivity contribution in [3.63, 3.8) is 0 Å². The summed E-state index contributed by atoms with van der Waals surface area (Å²) in [6.45, 7) is 26.9. The Morgan fingerprint density at radius 3 is 1.08 bits per heavy atom. The Hall–Kier alpha value is -3.52. The quantitative estimate of drug-likeness (QED) is 0.0143. The van der Waals surface area contributed by atoms with Crippen molar-refractivity contribution in [2.75, 3.05) is 59.9 Å². The first-order chi connectivity index (χ1) is 55.8. The number of carboxylic acid groups (broad SMARTS) is 5. The average Bonchev–Trinajstić information content (AvgIpc) is 0.720. The van der Waals surface area contributed by atoms with Crippen LogP contribution in [0.5, 0.6) is 0 Å². The number of amides is 1. The van der Waals surface area contributed by atoms with Crippen molar-refractivity contribution in [3.8, 4) is 0 Å². The number of carboxylic acids is 4. The van der Waals surface area contributed by atoms with E-state index in [1.54, 1.807) is 76.2 Å². The number of aliphatic hydroxyl groups is 1. The molecule has 0 aromatic rings. The van der Waals surface area contributed by atoms with Crippen LogP contribution in [-0.4, -0.2) is 227 Å². The second-order valence-corrected chi connectivity index (χ2v) is 34.2.